The Bertz CT molecular complexity index is 688. The first-order chi connectivity index (χ1) is 11.1. The molecule has 2 rings (SSSR count). The van der Waals surface area contributed by atoms with Crippen molar-refractivity contribution in [2.24, 2.45) is 0 Å². The standard InChI is InChI=1S/C17H16BrNO4/c18-14-10-13(17(21)22)6-7-15(14)23-11-16(20)19-9-8-12-4-2-1-3-5-12/h1-7,10H,8-9,11H2,(H,19,20)(H,21,22). The average Bonchev–Trinajstić information content (AvgIpc) is 2.54. The number of amides is 1. The molecule has 0 aromatic heterocycles. The van der Waals surface area contributed by atoms with Crippen molar-refractivity contribution in [3.63, 3.8) is 0 Å². The Morgan fingerprint density at radius 2 is 1.87 bits per heavy atom. The maximum atomic E-state index is 11.7. The summed E-state index contributed by atoms with van der Waals surface area (Å²) in [5, 5.41) is 11.7. The highest BCUT2D eigenvalue weighted by Crippen LogP contribution is 2.25. The van der Waals surface area contributed by atoms with Crippen LogP contribution >= 0.6 is 15.9 Å². The lowest BCUT2D eigenvalue weighted by molar-refractivity contribution is -0.123. The maximum absolute atomic E-state index is 11.7. The molecule has 0 saturated heterocycles. The van der Waals surface area contributed by atoms with Crippen molar-refractivity contribution < 1.29 is 19.4 Å². The van der Waals surface area contributed by atoms with Crippen LogP contribution in [0.4, 0.5) is 0 Å². The molecule has 0 atom stereocenters. The van der Waals surface area contributed by atoms with Gasteiger partial charge in [-0.2, -0.15) is 0 Å². The topological polar surface area (TPSA) is 75.6 Å². The monoisotopic (exact) mass is 377 g/mol. The number of carbonyl (C=O) groups excluding carboxylic acids is 1. The zero-order chi connectivity index (χ0) is 16.7. The number of halogens is 1. The first-order valence-corrected chi connectivity index (χ1v) is 7.82. The molecule has 0 unspecified atom stereocenters. The number of carboxylic acids is 1. The zero-order valence-corrected chi connectivity index (χ0v) is 13.9. The van der Waals surface area contributed by atoms with E-state index < -0.39 is 5.97 Å². The molecule has 0 spiro atoms. The third-order valence-electron chi connectivity index (χ3n) is 3.12. The van der Waals surface area contributed by atoms with E-state index in [1.807, 2.05) is 30.3 Å². The zero-order valence-electron chi connectivity index (χ0n) is 12.3. The Balaban J connectivity index is 1.77. The SMILES string of the molecule is O=C(COc1ccc(C(=O)O)cc1Br)NCCc1ccccc1. The summed E-state index contributed by atoms with van der Waals surface area (Å²) in [6, 6.07) is 14.2. The summed E-state index contributed by atoms with van der Waals surface area (Å²) in [5.74, 6) is -0.820. The Labute approximate surface area is 142 Å². The fraction of sp³-hybridized carbons (Fsp3) is 0.176. The van der Waals surface area contributed by atoms with Crippen LogP contribution in [0.3, 0.4) is 0 Å². The van der Waals surface area contributed by atoms with Gasteiger partial charge in [0.2, 0.25) is 0 Å². The summed E-state index contributed by atoms with van der Waals surface area (Å²) >= 11 is 3.23. The van der Waals surface area contributed by atoms with E-state index in [1.54, 1.807) is 0 Å². The summed E-state index contributed by atoms with van der Waals surface area (Å²) in [6.45, 7) is 0.408. The van der Waals surface area contributed by atoms with Crippen LogP contribution in [0.1, 0.15) is 15.9 Å². The predicted octanol–water partition coefficient (Wildman–Crippen LogP) is 2.89. The second kappa shape index (κ2) is 8.33. The van der Waals surface area contributed by atoms with Gasteiger partial charge in [0.15, 0.2) is 6.61 Å². The highest BCUT2D eigenvalue weighted by molar-refractivity contribution is 9.10. The van der Waals surface area contributed by atoms with E-state index in [4.69, 9.17) is 9.84 Å². The number of hydrogen-bond acceptors (Lipinski definition) is 3. The second-order valence-electron chi connectivity index (χ2n) is 4.82. The van der Waals surface area contributed by atoms with E-state index in [2.05, 4.69) is 21.2 Å². The lowest BCUT2D eigenvalue weighted by Crippen LogP contribution is -2.30. The molecule has 23 heavy (non-hydrogen) atoms. The van der Waals surface area contributed by atoms with Gasteiger partial charge in [-0.15, -0.1) is 0 Å². The minimum Gasteiger partial charge on any atom is -0.483 e. The normalized spacial score (nSPS) is 10.1. The van der Waals surface area contributed by atoms with E-state index in [-0.39, 0.29) is 18.1 Å². The molecule has 2 aromatic carbocycles. The third kappa shape index (κ3) is 5.41. The molecule has 5 nitrogen and oxygen atoms in total. The Hall–Kier alpha value is -2.34. The molecule has 120 valence electrons. The molecule has 2 aromatic rings. The first-order valence-electron chi connectivity index (χ1n) is 7.02. The third-order valence-corrected chi connectivity index (χ3v) is 3.74. The van der Waals surface area contributed by atoms with Crippen molar-refractivity contribution in [2.45, 2.75) is 6.42 Å². The van der Waals surface area contributed by atoms with Crippen LogP contribution in [0.2, 0.25) is 0 Å². The number of carbonyl (C=O) groups is 2. The highest BCUT2D eigenvalue weighted by atomic mass is 79.9. The van der Waals surface area contributed by atoms with Gasteiger partial charge >= 0.3 is 5.97 Å². The Morgan fingerprint density at radius 3 is 2.52 bits per heavy atom. The smallest absolute Gasteiger partial charge is 0.335 e. The summed E-state index contributed by atoms with van der Waals surface area (Å²) in [4.78, 5) is 22.6. The van der Waals surface area contributed by atoms with Crippen LogP contribution < -0.4 is 10.1 Å². The van der Waals surface area contributed by atoms with Crippen molar-refractivity contribution in [3.05, 3.63) is 64.1 Å². The highest BCUT2D eigenvalue weighted by Gasteiger charge is 2.09. The number of nitrogens with one attached hydrogen (secondary N) is 1. The predicted molar refractivity (Wildman–Crippen MR) is 89.8 cm³/mol. The van der Waals surface area contributed by atoms with Crippen LogP contribution in [-0.2, 0) is 11.2 Å². The van der Waals surface area contributed by atoms with E-state index >= 15 is 0 Å². The van der Waals surface area contributed by atoms with Gasteiger partial charge in [0.1, 0.15) is 5.75 Å². The van der Waals surface area contributed by atoms with E-state index in [0.29, 0.717) is 16.8 Å². The van der Waals surface area contributed by atoms with Crippen molar-refractivity contribution in [3.8, 4) is 5.75 Å². The molecule has 0 aliphatic carbocycles. The molecule has 0 bridgehead atoms. The molecule has 2 N–H and O–H groups in total. The molecule has 0 saturated carbocycles. The number of rotatable bonds is 7. The molecule has 0 fully saturated rings. The van der Waals surface area contributed by atoms with Gasteiger partial charge in [-0.1, -0.05) is 30.3 Å². The number of carboxylic acid groups (broad SMARTS) is 1. The van der Waals surface area contributed by atoms with Crippen LogP contribution in [-0.4, -0.2) is 30.1 Å². The fourth-order valence-corrected chi connectivity index (χ4v) is 2.43. The minimum atomic E-state index is -1.02. The maximum Gasteiger partial charge on any atom is 0.335 e. The summed E-state index contributed by atoms with van der Waals surface area (Å²) in [5.41, 5.74) is 1.30. The lowest BCUT2D eigenvalue weighted by atomic mass is 10.1. The quantitative estimate of drug-likeness (QED) is 0.777. The average molecular weight is 378 g/mol. The van der Waals surface area contributed by atoms with E-state index in [9.17, 15) is 9.59 Å². The minimum absolute atomic E-state index is 0.125. The summed E-state index contributed by atoms with van der Waals surface area (Å²) < 4.78 is 5.88. The van der Waals surface area contributed by atoms with Crippen molar-refractivity contribution in [1.82, 2.24) is 5.32 Å². The van der Waals surface area contributed by atoms with E-state index in [1.165, 1.54) is 18.2 Å². The fourth-order valence-electron chi connectivity index (χ4n) is 1.94. The van der Waals surface area contributed by atoms with Crippen LogP contribution in [0, 0.1) is 0 Å². The van der Waals surface area contributed by atoms with Gasteiger partial charge < -0.3 is 15.2 Å². The molecule has 1 amide bonds. The molecule has 0 heterocycles. The number of aromatic carboxylic acids is 1. The van der Waals surface area contributed by atoms with Gasteiger partial charge in [0.25, 0.3) is 5.91 Å². The Kier molecular flexibility index (Phi) is 6.17. The van der Waals surface area contributed by atoms with E-state index in [0.717, 1.165) is 12.0 Å². The van der Waals surface area contributed by atoms with Gasteiger partial charge in [-0.05, 0) is 46.1 Å². The van der Waals surface area contributed by atoms with Gasteiger partial charge in [0, 0.05) is 6.54 Å². The number of ether oxygens (including phenoxy) is 1. The summed E-state index contributed by atoms with van der Waals surface area (Å²) in [7, 11) is 0. The van der Waals surface area contributed by atoms with Crippen molar-refractivity contribution >= 4 is 27.8 Å². The second-order valence-corrected chi connectivity index (χ2v) is 5.68. The first kappa shape index (κ1) is 17.0. The molecule has 0 aliphatic rings. The van der Waals surface area contributed by atoms with Gasteiger partial charge in [-0.25, -0.2) is 4.79 Å². The van der Waals surface area contributed by atoms with Crippen LogP contribution in [0.15, 0.2) is 53.0 Å². The van der Waals surface area contributed by atoms with Crippen molar-refractivity contribution in [1.29, 1.82) is 0 Å². The van der Waals surface area contributed by atoms with Gasteiger partial charge in [0.05, 0.1) is 10.0 Å². The van der Waals surface area contributed by atoms with Crippen LogP contribution in [0.25, 0.3) is 0 Å². The summed E-state index contributed by atoms with van der Waals surface area (Å²) in [6.07, 6.45) is 0.754. The van der Waals surface area contributed by atoms with Crippen LogP contribution in [0.5, 0.6) is 5.75 Å². The van der Waals surface area contributed by atoms with Gasteiger partial charge in [-0.3, -0.25) is 4.79 Å². The largest absolute Gasteiger partial charge is 0.483 e. The lowest BCUT2D eigenvalue weighted by Gasteiger charge is -2.09. The molecular weight excluding hydrogens is 362 g/mol. The Morgan fingerprint density at radius 1 is 1.13 bits per heavy atom. The number of benzene rings is 2. The molecular formula is C17H16BrNO4. The molecule has 6 heteroatoms. The van der Waals surface area contributed by atoms with Crippen molar-refractivity contribution in [2.75, 3.05) is 13.2 Å². The molecule has 0 aliphatic heterocycles. The number of hydrogen-bond donors (Lipinski definition) is 2. The molecule has 0 radical (unpaired) electrons.